The summed E-state index contributed by atoms with van der Waals surface area (Å²) < 4.78 is 12.0. The number of aryl methyl sites for hydroxylation is 1. The molecule has 0 aromatic heterocycles. The second-order valence-corrected chi connectivity index (χ2v) is 9.90. The maximum Gasteiger partial charge on any atom is 0.310 e. The van der Waals surface area contributed by atoms with Crippen molar-refractivity contribution in [3.8, 4) is 11.1 Å². The second kappa shape index (κ2) is 9.82. The van der Waals surface area contributed by atoms with Crippen molar-refractivity contribution in [1.29, 1.82) is 0 Å². The van der Waals surface area contributed by atoms with Gasteiger partial charge in [0.25, 0.3) is 0 Å². The molecule has 0 amide bonds. The van der Waals surface area contributed by atoms with Gasteiger partial charge >= 0.3 is 5.97 Å². The Bertz CT molecular complexity index is 1080. The summed E-state index contributed by atoms with van der Waals surface area (Å²) in [6.07, 6.45) is 2.64. The fraction of sp³-hybridized carbons (Fsp3) is 0.429. The molecule has 0 fully saturated rings. The van der Waals surface area contributed by atoms with Gasteiger partial charge in [-0.05, 0) is 81.0 Å². The van der Waals surface area contributed by atoms with Gasteiger partial charge in [0.1, 0.15) is 11.2 Å². The molecule has 1 aliphatic rings. The third-order valence-corrected chi connectivity index (χ3v) is 6.20. The van der Waals surface area contributed by atoms with Crippen LogP contribution in [0, 0.1) is 0 Å². The lowest BCUT2D eigenvalue weighted by Gasteiger charge is -2.42. The number of unbranched alkanes of at least 4 members (excludes halogenated alkanes) is 1. The molecule has 2 aromatic rings. The topological polar surface area (TPSA) is 52.6 Å². The molecular formula is C28H33ClO4. The standard InChI is InChI=1S/C28H33ClO4/c1-7-9-10-23(30)32-26-24(25(31)27(3,4)33-28(26,5)6)22-17-20(12-11-18(22)8-2)19-13-15-21(29)16-14-19/h11-17H,7-10H2,1-6H3. The van der Waals surface area contributed by atoms with E-state index in [1.807, 2.05) is 70.2 Å². The molecule has 0 saturated carbocycles. The van der Waals surface area contributed by atoms with Gasteiger partial charge in [0, 0.05) is 11.4 Å². The Kier molecular flexibility index (Phi) is 7.50. The molecule has 0 spiro atoms. The average molecular weight is 469 g/mol. The zero-order valence-electron chi connectivity index (χ0n) is 20.4. The van der Waals surface area contributed by atoms with Crippen molar-refractivity contribution in [3.05, 3.63) is 64.4 Å². The van der Waals surface area contributed by atoms with Crippen LogP contribution >= 0.6 is 11.6 Å². The Morgan fingerprint density at radius 1 is 0.970 bits per heavy atom. The highest BCUT2D eigenvalue weighted by atomic mass is 35.5. The van der Waals surface area contributed by atoms with E-state index < -0.39 is 11.2 Å². The molecular weight excluding hydrogens is 436 g/mol. The van der Waals surface area contributed by atoms with Crippen molar-refractivity contribution in [2.75, 3.05) is 0 Å². The van der Waals surface area contributed by atoms with Crippen LogP contribution in [0.25, 0.3) is 16.7 Å². The summed E-state index contributed by atoms with van der Waals surface area (Å²) in [5.41, 5.74) is 2.15. The number of hydrogen-bond acceptors (Lipinski definition) is 4. The van der Waals surface area contributed by atoms with E-state index in [-0.39, 0.29) is 17.5 Å². The molecule has 0 atom stereocenters. The smallest absolute Gasteiger partial charge is 0.310 e. The van der Waals surface area contributed by atoms with Gasteiger partial charge in [0.05, 0.1) is 5.57 Å². The van der Waals surface area contributed by atoms with Crippen molar-refractivity contribution in [1.82, 2.24) is 0 Å². The number of ketones is 1. The van der Waals surface area contributed by atoms with Crippen LogP contribution in [0.15, 0.2) is 48.2 Å². The Morgan fingerprint density at radius 3 is 2.21 bits per heavy atom. The Labute approximate surface area is 201 Å². The third-order valence-electron chi connectivity index (χ3n) is 5.95. The van der Waals surface area contributed by atoms with Crippen LogP contribution in [-0.2, 0) is 25.5 Å². The van der Waals surface area contributed by atoms with E-state index in [2.05, 4.69) is 0 Å². The van der Waals surface area contributed by atoms with E-state index in [9.17, 15) is 9.59 Å². The Hall–Kier alpha value is -2.43. The fourth-order valence-corrected chi connectivity index (χ4v) is 4.41. The average Bonchev–Trinajstić information content (AvgIpc) is 2.76. The van der Waals surface area contributed by atoms with Crippen molar-refractivity contribution in [2.45, 2.75) is 78.4 Å². The summed E-state index contributed by atoms with van der Waals surface area (Å²) in [7, 11) is 0. The minimum Gasteiger partial charge on any atom is -0.427 e. The third kappa shape index (κ3) is 5.39. The number of benzene rings is 2. The predicted octanol–water partition coefficient (Wildman–Crippen LogP) is 7.17. The first-order chi connectivity index (χ1) is 15.5. The molecule has 0 unspecified atom stereocenters. The van der Waals surface area contributed by atoms with E-state index >= 15 is 0 Å². The minimum absolute atomic E-state index is 0.192. The van der Waals surface area contributed by atoms with Crippen LogP contribution in [0.4, 0.5) is 0 Å². The summed E-state index contributed by atoms with van der Waals surface area (Å²) in [6.45, 7) is 11.3. The number of carbonyl (C=O) groups is 2. The van der Waals surface area contributed by atoms with Crippen molar-refractivity contribution < 1.29 is 19.1 Å². The quantitative estimate of drug-likeness (QED) is 0.404. The maximum atomic E-state index is 13.7. The first kappa shape index (κ1) is 25.2. The van der Waals surface area contributed by atoms with Gasteiger partial charge in [0.15, 0.2) is 11.5 Å². The molecule has 4 nitrogen and oxygen atoms in total. The number of ether oxygens (including phenoxy) is 2. The first-order valence-corrected chi connectivity index (χ1v) is 12.0. The molecule has 1 aliphatic heterocycles. The summed E-state index contributed by atoms with van der Waals surface area (Å²) in [5.74, 6) is -0.251. The van der Waals surface area contributed by atoms with Crippen molar-refractivity contribution >= 4 is 28.9 Å². The maximum absolute atomic E-state index is 13.7. The van der Waals surface area contributed by atoms with E-state index in [4.69, 9.17) is 21.1 Å². The number of rotatable bonds is 7. The molecule has 5 heteroatoms. The van der Waals surface area contributed by atoms with Crippen molar-refractivity contribution in [2.24, 2.45) is 0 Å². The monoisotopic (exact) mass is 468 g/mol. The van der Waals surface area contributed by atoms with Gasteiger partial charge in [-0.2, -0.15) is 0 Å². The zero-order chi connectivity index (χ0) is 24.4. The lowest BCUT2D eigenvalue weighted by molar-refractivity contribution is -0.166. The molecule has 0 bridgehead atoms. The number of carbonyl (C=O) groups excluding carboxylic acids is 2. The SMILES string of the molecule is CCCCC(=O)OC1=C(c2cc(-c3ccc(Cl)cc3)ccc2CC)C(=O)C(C)(C)OC1(C)C. The highest BCUT2D eigenvalue weighted by Crippen LogP contribution is 2.43. The van der Waals surface area contributed by atoms with Gasteiger partial charge in [-0.15, -0.1) is 0 Å². The molecule has 0 aliphatic carbocycles. The lowest BCUT2D eigenvalue weighted by Crippen LogP contribution is -2.50. The molecule has 0 saturated heterocycles. The predicted molar refractivity (Wildman–Crippen MR) is 133 cm³/mol. The number of esters is 1. The van der Waals surface area contributed by atoms with Gasteiger partial charge < -0.3 is 9.47 Å². The summed E-state index contributed by atoms with van der Waals surface area (Å²) in [6, 6.07) is 13.7. The first-order valence-electron chi connectivity index (χ1n) is 11.6. The molecule has 2 aromatic carbocycles. The second-order valence-electron chi connectivity index (χ2n) is 9.47. The fourth-order valence-electron chi connectivity index (χ4n) is 4.28. The van der Waals surface area contributed by atoms with Crippen LogP contribution in [0.2, 0.25) is 5.02 Å². The summed E-state index contributed by atoms with van der Waals surface area (Å²) in [4.78, 5) is 26.4. The largest absolute Gasteiger partial charge is 0.427 e. The van der Waals surface area contributed by atoms with Gasteiger partial charge in [-0.25, -0.2) is 0 Å². The molecule has 3 rings (SSSR count). The van der Waals surface area contributed by atoms with Gasteiger partial charge in [-0.1, -0.05) is 56.1 Å². The minimum atomic E-state index is -1.06. The molecule has 1 heterocycles. The molecule has 33 heavy (non-hydrogen) atoms. The zero-order valence-corrected chi connectivity index (χ0v) is 21.1. The number of halogens is 1. The van der Waals surface area contributed by atoms with Crippen LogP contribution in [0.5, 0.6) is 0 Å². The van der Waals surface area contributed by atoms with E-state index in [0.29, 0.717) is 17.0 Å². The van der Waals surface area contributed by atoms with E-state index in [1.165, 1.54) is 0 Å². The Balaban J connectivity index is 2.24. The lowest BCUT2D eigenvalue weighted by atomic mass is 9.80. The van der Waals surface area contributed by atoms with Crippen molar-refractivity contribution in [3.63, 3.8) is 0 Å². The van der Waals surface area contributed by atoms with E-state index in [1.54, 1.807) is 13.8 Å². The van der Waals surface area contributed by atoms with Crippen LogP contribution < -0.4 is 0 Å². The summed E-state index contributed by atoms with van der Waals surface area (Å²) in [5, 5.41) is 0.663. The van der Waals surface area contributed by atoms with Crippen LogP contribution in [0.3, 0.4) is 0 Å². The Morgan fingerprint density at radius 2 is 1.61 bits per heavy atom. The van der Waals surface area contributed by atoms with Gasteiger partial charge in [0.2, 0.25) is 0 Å². The van der Waals surface area contributed by atoms with Gasteiger partial charge in [-0.3, -0.25) is 9.59 Å². The molecule has 0 radical (unpaired) electrons. The molecule has 176 valence electrons. The van der Waals surface area contributed by atoms with Crippen LogP contribution in [-0.4, -0.2) is 23.0 Å². The highest BCUT2D eigenvalue weighted by Gasteiger charge is 2.48. The van der Waals surface area contributed by atoms with E-state index in [0.717, 1.165) is 41.5 Å². The summed E-state index contributed by atoms with van der Waals surface area (Å²) >= 11 is 6.07. The molecule has 0 N–H and O–H groups in total. The van der Waals surface area contributed by atoms with Crippen LogP contribution in [0.1, 0.15) is 71.9 Å². The highest BCUT2D eigenvalue weighted by molar-refractivity contribution is 6.30. The normalized spacial score (nSPS) is 17.2. The number of Topliss-reactive ketones (excluding diaryl/α,β-unsaturated/α-hetero) is 1. The number of hydrogen-bond donors (Lipinski definition) is 0.